The summed E-state index contributed by atoms with van der Waals surface area (Å²) in [6.45, 7) is 0. The van der Waals surface area contributed by atoms with Crippen LogP contribution in [-0.4, -0.2) is 23.9 Å². The zero-order valence-electron chi connectivity index (χ0n) is 22.1. The molecule has 0 bridgehead atoms. The van der Waals surface area contributed by atoms with E-state index < -0.39 is 0 Å². The average Bonchev–Trinajstić information content (AvgIpc) is 3.36. The Kier molecular flexibility index (Phi) is 6.52. The van der Waals surface area contributed by atoms with E-state index in [1.165, 1.54) is 49.7 Å². The number of hydrogen-bond donors (Lipinski definition) is 1. The van der Waals surface area contributed by atoms with Crippen molar-refractivity contribution in [3.63, 3.8) is 0 Å². The summed E-state index contributed by atoms with van der Waals surface area (Å²) in [4.78, 5) is 10.5. The first-order chi connectivity index (χ1) is 18.3. The minimum atomic E-state index is 0.137. The molecule has 37 heavy (non-hydrogen) atoms. The van der Waals surface area contributed by atoms with Gasteiger partial charge in [-0.2, -0.15) is 0 Å². The highest BCUT2D eigenvalue weighted by atomic mass is 16.5. The normalized spacial score (nSPS) is 37.0. The summed E-state index contributed by atoms with van der Waals surface area (Å²) in [5.41, 5.74) is 4.57. The maximum absolute atomic E-state index is 6.30. The van der Waals surface area contributed by atoms with Crippen LogP contribution in [0.1, 0.15) is 83.5 Å². The number of rotatable bonds is 4. The molecule has 4 heteroatoms. The number of amidine groups is 2. The van der Waals surface area contributed by atoms with Crippen LogP contribution in [0, 0.1) is 23.7 Å². The molecule has 7 aliphatic rings. The van der Waals surface area contributed by atoms with Crippen molar-refractivity contribution in [3.05, 3.63) is 71.1 Å². The molecule has 4 nitrogen and oxygen atoms in total. The second-order valence-corrected chi connectivity index (χ2v) is 12.0. The number of allylic oxidation sites excluding steroid dienone is 7. The fourth-order valence-electron chi connectivity index (χ4n) is 7.46. The summed E-state index contributed by atoms with van der Waals surface area (Å²) in [7, 11) is 0. The Morgan fingerprint density at radius 3 is 2.70 bits per heavy atom. The number of aliphatic imine (C=N–C) groups is 2. The molecule has 0 aromatic carbocycles. The van der Waals surface area contributed by atoms with Gasteiger partial charge in [-0.3, -0.25) is 0 Å². The standard InChI is InChI=1S/C33H41N3O/c1-3-9-23(10-4-1)31-34-32(24-11-5-2-6-12-24)36-33(35-31)25-17-15-22(16-18-25)26-19-20-30-28(21-26)27-13-7-8-14-29(27)37-30/h3,7,9,11,13,15,19-20,23,25-27,29,31H,1-2,4-6,8,10,12,14,16-18,21H2,(H,34,35,36)/t23?,25?,26?,27?,29?,31-/m0/s1. The molecule has 0 aromatic heterocycles. The van der Waals surface area contributed by atoms with Crippen molar-refractivity contribution in [2.24, 2.45) is 33.7 Å². The van der Waals surface area contributed by atoms with Crippen molar-refractivity contribution in [2.75, 3.05) is 0 Å². The van der Waals surface area contributed by atoms with Gasteiger partial charge in [0.05, 0.1) is 0 Å². The van der Waals surface area contributed by atoms with Crippen LogP contribution in [0.5, 0.6) is 0 Å². The van der Waals surface area contributed by atoms with E-state index in [9.17, 15) is 0 Å². The first kappa shape index (κ1) is 23.5. The second kappa shape index (κ2) is 10.3. The molecule has 0 saturated carbocycles. The Morgan fingerprint density at radius 2 is 1.86 bits per heavy atom. The highest BCUT2D eigenvalue weighted by Gasteiger charge is 2.38. The highest BCUT2D eigenvalue weighted by molar-refractivity contribution is 6.08. The fraction of sp³-hybridized carbons (Fsp3) is 0.576. The molecule has 7 rings (SSSR count). The Hall–Kier alpha value is -2.62. The third-order valence-electron chi connectivity index (χ3n) is 9.64. The van der Waals surface area contributed by atoms with Crippen LogP contribution in [0.25, 0.3) is 0 Å². The maximum atomic E-state index is 6.30. The van der Waals surface area contributed by atoms with Gasteiger partial charge >= 0.3 is 0 Å². The molecule has 2 aliphatic heterocycles. The largest absolute Gasteiger partial charge is 0.490 e. The first-order valence-electron chi connectivity index (χ1n) is 15.0. The van der Waals surface area contributed by atoms with E-state index in [1.54, 1.807) is 5.57 Å². The SMILES string of the molecule is C1=CC([C@@H]2N=C(C3CC=C(C4C=CC5=C(C4)C4C=CCCC4O5)CC3)N=C(C3=CCCCC3)N2)CCC1. The van der Waals surface area contributed by atoms with Crippen molar-refractivity contribution in [2.45, 2.75) is 95.7 Å². The van der Waals surface area contributed by atoms with Gasteiger partial charge in [0, 0.05) is 23.7 Å². The molecule has 0 spiro atoms. The Bertz CT molecular complexity index is 1160. The number of nitrogens with one attached hydrogen (secondary N) is 1. The fourth-order valence-corrected chi connectivity index (χ4v) is 7.46. The molecule has 0 fully saturated rings. The predicted octanol–water partition coefficient (Wildman–Crippen LogP) is 7.49. The van der Waals surface area contributed by atoms with Gasteiger partial charge in [0.2, 0.25) is 0 Å². The lowest BCUT2D eigenvalue weighted by Crippen LogP contribution is -2.44. The van der Waals surface area contributed by atoms with Gasteiger partial charge in [-0.25, -0.2) is 9.98 Å². The number of ether oxygens (including phenoxy) is 1. The lowest BCUT2D eigenvalue weighted by atomic mass is 9.76. The maximum Gasteiger partial charge on any atom is 0.132 e. The summed E-state index contributed by atoms with van der Waals surface area (Å²) >= 11 is 0. The smallest absolute Gasteiger partial charge is 0.132 e. The number of fused-ring (bicyclic) bond motifs is 2. The second-order valence-electron chi connectivity index (χ2n) is 12.0. The lowest BCUT2D eigenvalue weighted by molar-refractivity contribution is 0.121. The topological polar surface area (TPSA) is 46.0 Å². The van der Waals surface area contributed by atoms with Crippen LogP contribution >= 0.6 is 0 Å². The van der Waals surface area contributed by atoms with E-state index in [2.05, 4.69) is 53.9 Å². The zero-order chi connectivity index (χ0) is 24.6. The third kappa shape index (κ3) is 4.73. The average molecular weight is 496 g/mol. The van der Waals surface area contributed by atoms with Crippen molar-refractivity contribution in [1.29, 1.82) is 0 Å². The van der Waals surface area contributed by atoms with Gasteiger partial charge in [-0.05, 0) is 101 Å². The molecule has 0 saturated heterocycles. The van der Waals surface area contributed by atoms with Crippen molar-refractivity contribution in [3.8, 4) is 0 Å². The molecular weight excluding hydrogens is 454 g/mol. The Morgan fingerprint density at radius 1 is 0.892 bits per heavy atom. The van der Waals surface area contributed by atoms with Gasteiger partial charge in [-0.15, -0.1) is 0 Å². The van der Waals surface area contributed by atoms with Gasteiger partial charge in [0.15, 0.2) is 0 Å². The molecule has 0 amide bonds. The van der Waals surface area contributed by atoms with Crippen LogP contribution in [-0.2, 0) is 4.74 Å². The summed E-state index contributed by atoms with van der Waals surface area (Å²) in [5.74, 6) is 5.33. The predicted molar refractivity (Wildman–Crippen MR) is 151 cm³/mol. The summed E-state index contributed by atoms with van der Waals surface area (Å²) in [6, 6.07) is 0. The van der Waals surface area contributed by atoms with Crippen LogP contribution in [0.15, 0.2) is 81.1 Å². The van der Waals surface area contributed by atoms with Crippen molar-refractivity contribution in [1.82, 2.24) is 5.32 Å². The van der Waals surface area contributed by atoms with Crippen LogP contribution in [0.4, 0.5) is 0 Å². The third-order valence-corrected chi connectivity index (χ3v) is 9.64. The highest BCUT2D eigenvalue weighted by Crippen LogP contribution is 2.45. The van der Waals surface area contributed by atoms with Crippen molar-refractivity contribution < 1.29 is 4.74 Å². The van der Waals surface area contributed by atoms with E-state index in [0.29, 0.717) is 29.8 Å². The molecule has 194 valence electrons. The monoisotopic (exact) mass is 495 g/mol. The van der Waals surface area contributed by atoms with Crippen molar-refractivity contribution >= 4 is 11.7 Å². The molecule has 6 atom stereocenters. The van der Waals surface area contributed by atoms with Gasteiger partial charge in [0.25, 0.3) is 0 Å². The van der Waals surface area contributed by atoms with Crippen LogP contribution < -0.4 is 5.32 Å². The zero-order valence-corrected chi connectivity index (χ0v) is 22.1. The van der Waals surface area contributed by atoms with Gasteiger partial charge < -0.3 is 10.1 Å². The summed E-state index contributed by atoms with van der Waals surface area (Å²) < 4.78 is 6.30. The summed E-state index contributed by atoms with van der Waals surface area (Å²) in [5, 5.41) is 3.76. The minimum absolute atomic E-state index is 0.137. The molecule has 0 aromatic rings. The molecular formula is C33H41N3O. The van der Waals surface area contributed by atoms with Crippen LogP contribution in [0.2, 0.25) is 0 Å². The first-order valence-corrected chi connectivity index (χ1v) is 15.0. The molecule has 2 heterocycles. The van der Waals surface area contributed by atoms with Gasteiger partial charge in [0.1, 0.15) is 29.7 Å². The molecule has 5 aliphatic carbocycles. The molecule has 5 unspecified atom stereocenters. The minimum Gasteiger partial charge on any atom is -0.490 e. The van der Waals surface area contributed by atoms with E-state index in [0.717, 1.165) is 62.4 Å². The Balaban J connectivity index is 1.08. The number of hydrogen-bond acceptors (Lipinski definition) is 4. The van der Waals surface area contributed by atoms with Gasteiger partial charge in [-0.1, -0.05) is 48.1 Å². The molecule has 0 radical (unpaired) electrons. The number of nitrogens with zero attached hydrogens (tertiary/aromatic N) is 2. The van der Waals surface area contributed by atoms with E-state index in [-0.39, 0.29) is 6.17 Å². The van der Waals surface area contributed by atoms with E-state index in [4.69, 9.17) is 14.7 Å². The van der Waals surface area contributed by atoms with Crippen LogP contribution in [0.3, 0.4) is 0 Å². The molecule has 1 N–H and O–H groups in total. The van der Waals surface area contributed by atoms with E-state index in [1.807, 2.05) is 0 Å². The Labute approximate surface area is 222 Å². The summed E-state index contributed by atoms with van der Waals surface area (Å²) in [6.07, 6.45) is 35.1. The van der Waals surface area contributed by atoms with E-state index >= 15 is 0 Å². The lowest BCUT2D eigenvalue weighted by Gasteiger charge is -2.33. The quantitative estimate of drug-likeness (QED) is 0.411.